The molecule has 0 spiro atoms. The molecule has 0 bridgehead atoms. The molecule has 0 amide bonds. The number of piperidine rings is 1. The number of nitrogens with zero attached hydrogens (tertiary/aromatic N) is 3. The number of hydrogen-bond acceptors (Lipinski definition) is 4. The van der Waals surface area contributed by atoms with Gasteiger partial charge in [-0.3, -0.25) is 9.80 Å². The molecule has 2 saturated heterocycles. The van der Waals surface area contributed by atoms with Crippen LogP contribution in [0.4, 0.5) is 5.69 Å². The summed E-state index contributed by atoms with van der Waals surface area (Å²) in [6.45, 7) is 8.33. The van der Waals surface area contributed by atoms with Crippen molar-refractivity contribution in [3.8, 4) is 5.75 Å². The van der Waals surface area contributed by atoms with Gasteiger partial charge in [0.1, 0.15) is 5.75 Å². The fourth-order valence-corrected chi connectivity index (χ4v) is 5.97. The van der Waals surface area contributed by atoms with E-state index in [-0.39, 0.29) is 0 Å². The number of anilines is 1. The highest BCUT2D eigenvalue weighted by atomic mass is 16.5. The van der Waals surface area contributed by atoms with E-state index in [0.29, 0.717) is 12.0 Å². The summed E-state index contributed by atoms with van der Waals surface area (Å²) in [5.74, 6) is 1.78. The normalized spacial score (nSPS) is 24.9. The Bertz CT molecular complexity index is 831. The van der Waals surface area contributed by atoms with E-state index in [1.165, 1.54) is 63.2 Å². The van der Waals surface area contributed by atoms with Gasteiger partial charge >= 0.3 is 0 Å². The number of para-hydroxylation sites is 1. The maximum atomic E-state index is 5.66. The smallest absolute Gasteiger partial charge is 0.122 e. The van der Waals surface area contributed by atoms with E-state index in [9.17, 15) is 0 Å². The zero-order chi connectivity index (χ0) is 20.3. The molecule has 0 saturated carbocycles. The molecule has 0 unspecified atom stereocenters. The zero-order valence-electron chi connectivity index (χ0n) is 18.3. The molecule has 4 nitrogen and oxygen atoms in total. The molecule has 2 aromatic carbocycles. The van der Waals surface area contributed by atoms with Crippen LogP contribution < -0.4 is 9.64 Å². The third-order valence-corrected chi connectivity index (χ3v) is 7.57. The van der Waals surface area contributed by atoms with Crippen molar-refractivity contribution in [1.29, 1.82) is 0 Å². The quantitative estimate of drug-likeness (QED) is 0.748. The van der Waals surface area contributed by atoms with Crippen molar-refractivity contribution in [3.05, 3.63) is 59.7 Å². The number of benzene rings is 2. The largest absolute Gasteiger partial charge is 0.496 e. The monoisotopic (exact) mass is 405 g/mol. The average molecular weight is 406 g/mol. The van der Waals surface area contributed by atoms with Crippen LogP contribution in [0.2, 0.25) is 0 Å². The first kappa shape index (κ1) is 19.9. The van der Waals surface area contributed by atoms with Crippen molar-refractivity contribution in [2.24, 2.45) is 0 Å². The van der Waals surface area contributed by atoms with Gasteiger partial charge in [0.15, 0.2) is 0 Å². The van der Waals surface area contributed by atoms with E-state index >= 15 is 0 Å². The van der Waals surface area contributed by atoms with Crippen LogP contribution in [0, 0.1) is 0 Å². The van der Waals surface area contributed by atoms with Gasteiger partial charge in [0, 0.05) is 51.0 Å². The van der Waals surface area contributed by atoms with Gasteiger partial charge in [-0.25, -0.2) is 0 Å². The van der Waals surface area contributed by atoms with E-state index in [2.05, 4.69) is 63.2 Å². The maximum absolute atomic E-state index is 5.66. The Morgan fingerprint density at radius 1 is 0.867 bits per heavy atom. The fraction of sp³-hybridized carbons (Fsp3) is 0.538. The number of piperazine rings is 1. The van der Waals surface area contributed by atoms with Gasteiger partial charge in [0.2, 0.25) is 0 Å². The predicted octanol–water partition coefficient (Wildman–Crippen LogP) is 4.01. The number of likely N-dealkylation sites (tertiary alicyclic amines) is 1. The summed E-state index contributed by atoms with van der Waals surface area (Å²) in [7, 11) is 1.81. The third-order valence-electron chi connectivity index (χ3n) is 7.57. The van der Waals surface area contributed by atoms with Gasteiger partial charge in [0.05, 0.1) is 7.11 Å². The molecule has 2 aromatic rings. The lowest BCUT2D eigenvalue weighted by Crippen LogP contribution is -2.52. The van der Waals surface area contributed by atoms with Crippen LogP contribution in [-0.4, -0.2) is 68.8 Å². The molecule has 160 valence electrons. The Kier molecular flexibility index (Phi) is 5.96. The first-order valence-corrected chi connectivity index (χ1v) is 11.8. The van der Waals surface area contributed by atoms with Crippen LogP contribution in [0.25, 0.3) is 0 Å². The predicted molar refractivity (Wildman–Crippen MR) is 124 cm³/mol. The van der Waals surface area contributed by atoms with Crippen LogP contribution >= 0.6 is 0 Å². The van der Waals surface area contributed by atoms with Gasteiger partial charge < -0.3 is 9.64 Å². The van der Waals surface area contributed by atoms with Gasteiger partial charge in [0.25, 0.3) is 0 Å². The fourth-order valence-electron chi connectivity index (χ4n) is 5.97. The number of fused-ring (bicyclic) bond motifs is 3. The number of ether oxygens (including phenoxy) is 1. The van der Waals surface area contributed by atoms with Gasteiger partial charge in [-0.2, -0.15) is 0 Å². The molecule has 0 aromatic heterocycles. The molecule has 2 fully saturated rings. The highest BCUT2D eigenvalue weighted by Gasteiger charge is 2.37. The minimum absolute atomic E-state index is 0.688. The van der Waals surface area contributed by atoms with Gasteiger partial charge in [-0.15, -0.1) is 0 Å². The number of methoxy groups -OCH3 is 1. The Labute approximate surface area is 181 Å². The lowest BCUT2D eigenvalue weighted by molar-refractivity contribution is 0.0950. The second kappa shape index (κ2) is 8.99. The summed E-state index contributed by atoms with van der Waals surface area (Å²) in [6, 6.07) is 18.3. The van der Waals surface area contributed by atoms with Crippen LogP contribution in [0.3, 0.4) is 0 Å². The van der Waals surface area contributed by atoms with E-state index in [0.717, 1.165) is 25.3 Å². The Hall–Kier alpha value is -2.04. The van der Waals surface area contributed by atoms with Crippen molar-refractivity contribution in [2.75, 3.05) is 57.8 Å². The second-order valence-electron chi connectivity index (χ2n) is 9.08. The minimum atomic E-state index is 0.688. The zero-order valence-corrected chi connectivity index (χ0v) is 18.3. The van der Waals surface area contributed by atoms with Gasteiger partial charge in [-0.05, 0) is 67.5 Å². The SMILES string of the molecule is COc1cccc2c1CC[C@H]1[C@H]2CCCN1CCN1CCN(c2ccccc2)CC1. The maximum Gasteiger partial charge on any atom is 0.122 e. The standard InChI is InChI=1S/C26H35N3O/c1-30-26-11-5-9-22-23-10-6-14-29(25(23)13-12-24(22)26)20-17-27-15-18-28(19-16-27)21-7-3-2-4-8-21/h2-5,7-9,11,23,25H,6,10,12-20H2,1H3/t23-,25-/m0/s1. The molecule has 0 N–H and O–H groups in total. The topological polar surface area (TPSA) is 19.0 Å². The summed E-state index contributed by atoms with van der Waals surface area (Å²) in [5.41, 5.74) is 4.40. The third kappa shape index (κ3) is 3.95. The highest BCUT2D eigenvalue weighted by molar-refractivity contribution is 5.46. The average Bonchev–Trinajstić information content (AvgIpc) is 2.83. The first-order chi connectivity index (χ1) is 14.8. The Morgan fingerprint density at radius 2 is 1.70 bits per heavy atom. The Morgan fingerprint density at radius 3 is 2.50 bits per heavy atom. The summed E-state index contributed by atoms with van der Waals surface area (Å²) in [5, 5.41) is 0. The van der Waals surface area contributed by atoms with Crippen molar-refractivity contribution in [1.82, 2.24) is 9.80 Å². The first-order valence-electron chi connectivity index (χ1n) is 11.8. The lowest BCUT2D eigenvalue weighted by Gasteiger charge is -2.46. The van der Waals surface area contributed by atoms with Crippen molar-refractivity contribution in [3.63, 3.8) is 0 Å². The molecule has 5 rings (SSSR count). The molecule has 2 atom stereocenters. The second-order valence-corrected chi connectivity index (χ2v) is 9.08. The molecule has 3 aliphatic rings. The molecule has 1 aliphatic carbocycles. The van der Waals surface area contributed by atoms with Crippen LogP contribution in [0.1, 0.15) is 36.3 Å². The minimum Gasteiger partial charge on any atom is -0.496 e. The van der Waals surface area contributed by atoms with E-state index in [1.54, 1.807) is 5.56 Å². The van der Waals surface area contributed by atoms with Crippen molar-refractivity contribution in [2.45, 2.75) is 37.6 Å². The summed E-state index contributed by atoms with van der Waals surface area (Å²) >= 11 is 0. The van der Waals surface area contributed by atoms with Crippen LogP contribution in [0.15, 0.2) is 48.5 Å². The van der Waals surface area contributed by atoms with E-state index in [1.807, 2.05) is 7.11 Å². The molecule has 2 heterocycles. The molecular weight excluding hydrogens is 370 g/mol. The molecule has 0 radical (unpaired) electrons. The van der Waals surface area contributed by atoms with Crippen molar-refractivity contribution >= 4 is 5.69 Å². The number of rotatable bonds is 5. The van der Waals surface area contributed by atoms with Crippen molar-refractivity contribution < 1.29 is 4.74 Å². The lowest BCUT2D eigenvalue weighted by atomic mass is 9.74. The van der Waals surface area contributed by atoms with Crippen LogP contribution in [0.5, 0.6) is 5.75 Å². The van der Waals surface area contributed by atoms with Crippen LogP contribution in [-0.2, 0) is 6.42 Å². The summed E-state index contributed by atoms with van der Waals surface area (Å²) in [6.07, 6.45) is 5.09. The molecular formula is C26H35N3O. The molecule has 4 heteroatoms. The highest BCUT2D eigenvalue weighted by Crippen LogP contribution is 2.43. The van der Waals surface area contributed by atoms with Gasteiger partial charge in [-0.1, -0.05) is 30.3 Å². The molecule has 2 aliphatic heterocycles. The Balaban J connectivity index is 1.18. The van der Waals surface area contributed by atoms with E-state index in [4.69, 9.17) is 4.74 Å². The van der Waals surface area contributed by atoms with E-state index < -0.39 is 0 Å². The summed E-state index contributed by atoms with van der Waals surface area (Å²) < 4.78 is 5.66. The number of hydrogen-bond donors (Lipinski definition) is 0. The molecule has 30 heavy (non-hydrogen) atoms. The summed E-state index contributed by atoms with van der Waals surface area (Å²) in [4.78, 5) is 8.00.